The molecule has 0 saturated carbocycles. The molecule has 5 heteroatoms. The van der Waals surface area contributed by atoms with Gasteiger partial charge in [0.15, 0.2) is 0 Å². The van der Waals surface area contributed by atoms with Gasteiger partial charge in [-0.05, 0) is 74.2 Å². The first-order valence-electron chi connectivity index (χ1n) is 13.1. The number of aryl methyl sites for hydroxylation is 1. The molecule has 7 rings (SSSR count). The maximum Gasteiger partial charge on any atom is 0.515 e. The second-order valence-corrected chi connectivity index (χ2v) is 11.2. The smallest absolute Gasteiger partial charge is 0.398 e. The van der Waals surface area contributed by atoms with Crippen LogP contribution in [0.5, 0.6) is 0 Å². The van der Waals surface area contributed by atoms with Crippen molar-refractivity contribution in [1.29, 1.82) is 0 Å². The van der Waals surface area contributed by atoms with Gasteiger partial charge in [0.2, 0.25) is 0 Å². The lowest BCUT2D eigenvalue weighted by atomic mass is 9.79. The average Bonchev–Trinajstić information content (AvgIpc) is 3.13. The molecule has 0 unspecified atom stereocenters. The Morgan fingerprint density at radius 1 is 0.703 bits per heavy atom. The third-order valence-electron chi connectivity index (χ3n) is 8.48. The molecule has 1 aliphatic carbocycles. The largest absolute Gasteiger partial charge is 0.515 e. The highest BCUT2D eigenvalue weighted by molar-refractivity contribution is 6.64. The standard InChI is InChI=1S/C32H29BN2O2/c1-31(2)32(3,4)37-33(36-31)30-23-14-8-7-13-22(23)26(19-34-30)29-25-18-17-20-11-5-6-12-21(20)28(25)24-15-9-10-16-27(24)35-29/h5-16,19H,17-18H2,1-4H3. The fourth-order valence-electron chi connectivity index (χ4n) is 5.81. The van der Waals surface area contributed by atoms with Crippen LogP contribution in [-0.2, 0) is 22.2 Å². The molecule has 2 aromatic heterocycles. The number of hydrogen-bond acceptors (Lipinski definition) is 4. The lowest BCUT2D eigenvalue weighted by molar-refractivity contribution is 0.00578. The molecule has 0 atom stereocenters. The van der Waals surface area contributed by atoms with Crippen LogP contribution in [0.25, 0.3) is 44.1 Å². The highest BCUT2D eigenvalue weighted by Crippen LogP contribution is 2.43. The Hall–Kier alpha value is -3.54. The number of rotatable bonds is 2. The van der Waals surface area contributed by atoms with Gasteiger partial charge < -0.3 is 9.31 Å². The minimum absolute atomic E-state index is 0.425. The van der Waals surface area contributed by atoms with E-state index in [4.69, 9.17) is 19.3 Å². The van der Waals surface area contributed by atoms with Gasteiger partial charge in [0.1, 0.15) is 0 Å². The van der Waals surface area contributed by atoms with Crippen molar-refractivity contribution < 1.29 is 9.31 Å². The predicted octanol–water partition coefficient (Wildman–Crippen LogP) is 6.51. The highest BCUT2D eigenvalue weighted by atomic mass is 16.7. The molecule has 0 bridgehead atoms. The van der Waals surface area contributed by atoms with E-state index >= 15 is 0 Å². The number of aromatic nitrogens is 2. The molecular weight excluding hydrogens is 455 g/mol. The fourth-order valence-corrected chi connectivity index (χ4v) is 5.81. The van der Waals surface area contributed by atoms with Crippen LogP contribution in [0.2, 0.25) is 0 Å². The van der Waals surface area contributed by atoms with Crippen LogP contribution in [0.3, 0.4) is 0 Å². The van der Waals surface area contributed by atoms with Crippen LogP contribution >= 0.6 is 0 Å². The fraction of sp³-hybridized carbons (Fsp3) is 0.250. The maximum atomic E-state index is 6.39. The van der Waals surface area contributed by atoms with Crippen LogP contribution in [0.4, 0.5) is 0 Å². The summed E-state index contributed by atoms with van der Waals surface area (Å²) >= 11 is 0. The van der Waals surface area contributed by atoms with E-state index in [9.17, 15) is 0 Å². The van der Waals surface area contributed by atoms with Gasteiger partial charge in [-0.15, -0.1) is 0 Å². The second kappa shape index (κ2) is 7.98. The van der Waals surface area contributed by atoms with Gasteiger partial charge in [-0.3, -0.25) is 4.98 Å². The molecule has 5 aromatic rings. The van der Waals surface area contributed by atoms with Crippen molar-refractivity contribution >= 4 is 34.4 Å². The summed E-state index contributed by atoms with van der Waals surface area (Å²) < 4.78 is 12.8. The Balaban J connectivity index is 1.48. The lowest BCUT2D eigenvalue weighted by Crippen LogP contribution is -2.41. The van der Waals surface area contributed by atoms with Crippen molar-refractivity contribution in [1.82, 2.24) is 9.97 Å². The zero-order chi connectivity index (χ0) is 25.4. The lowest BCUT2D eigenvalue weighted by Gasteiger charge is -2.32. The van der Waals surface area contributed by atoms with Crippen molar-refractivity contribution in [2.75, 3.05) is 0 Å². The van der Waals surface area contributed by atoms with Crippen molar-refractivity contribution in [2.24, 2.45) is 0 Å². The Kier molecular flexibility index (Phi) is 4.88. The summed E-state index contributed by atoms with van der Waals surface area (Å²) in [4.78, 5) is 10.2. The molecule has 0 spiro atoms. The molecule has 1 aliphatic heterocycles. The molecule has 4 nitrogen and oxygen atoms in total. The molecule has 0 radical (unpaired) electrons. The van der Waals surface area contributed by atoms with Crippen LogP contribution in [-0.4, -0.2) is 28.3 Å². The zero-order valence-electron chi connectivity index (χ0n) is 21.7. The molecule has 1 fully saturated rings. The Morgan fingerprint density at radius 3 is 2.14 bits per heavy atom. The number of para-hydroxylation sites is 1. The van der Waals surface area contributed by atoms with Crippen molar-refractivity contribution in [2.45, 2.75) is 51.7 Å². The number of pyridine rings is 2. The minimum Gasteiger partial charge on any atom is -0.398 e. The predicted molar refractivity (Wildman–Crippen MR) is 151 cm³/mol. The summed E-state index contributed by atoms with van der Waals surface area (Å²) in [5.74, 6) is 0. The summed E-state index contributed by atoms with van der Waals surface area (Å²) in [5, 5.41) is 3.36. The van der Waals surface area contributed by atoms with E-state index in [2.05, 4.69) is 100 Å². The van der Waals surface area contributed by atoms with Gasteiger partial charge in [-0.25, -0.2) is 4.98 Å². The summed E-state index contributed by atoms with van der Waals surface area (Å²) in [6.45, 7) is 8.30. The van der Waals surface area contributed by atoms with Crippen molar-refractivity contribution in [3.05, 3.63) is 90.1 Å². The second-order valence-electron chi connectivity index (χ2n) is 11.2. The molecule has 37 heavy (non-hydrogen) atoms. The first-order chi connectivity index (χ1) is 17.8. The van der Waals surface area contributed by atoms with Crippen LogP contribution in [0, 0.1) is 0 Å². The topological polar surface area (TPSA) is 44.2 Å². The van der Waals surface area contributed by atoms with Gasteiger partial charge >= 0.3 is 7.12 Å². The van der Waals surface area contributed by atoms with E-state index < -0.39 is 18.3 Å². The Bertz CT molecular complexity index is 1690. The zero-order valence-corrected chi connectivity index (χ0v) is 21.7. The van der Waals surface area contributed by atoms with Crippen LogP contribution < -0.4 is 5.59 Å². The first kappa shape index (κ1) is 22.6. The normalized spacial score (nSPS) is 17.7. The first-order valence-corrected chi connectivity index (χ1v) is 13.1. The monoisotopic (exact) mass is 484 g/mol. The molecule has 1 saturated heterocycles. The Morgan fingerprint density at radius 2 is 1.35 bits per heavy atom. The van der Waals surface area contributed by atoms with Crippen molar-refractivity contribution in [3.8, 4) is 22.4 Å². The van der Waals surface area contributed by atoms with E-state index in [1.807, 2.05) is 6.20 Å². The van der Waals surface area contributed by atoms with E-state index in [1.54, 1.807) is 0 Å². The number of nitrogens with zero attached hydrogens (tertiary/aromatic N) is 2. The quantitative estimate of drug-likeness (QED) is 0.268. The van der Waals surface area contributed by atoms with Crippen molar-refractivity contribution in [3.63, 3.8) is 0 Å². The summed E-state index contributed by atoms with van der Waals surface area (Å²) in [6.07, 6.45) is 3.93. The summed E-state index contributed by atoms with van der Waals surface area (Å²) in [7, 11) is -0.519. The van der Waals surface area contributed by atoms with Gasteiger partial charge in [-0.2, -0.15) is 0 Å². The van der Waals surface area contributed by atoms with Gasteiger partial charge in [0.05, 0.1) is 28.0 Å². The molecule has 2 aliphatic rings. The van der Waals surface area contributed by atoms with Gasteiger partial charge in [0.25, 0.3) is 0 Å². The highest BCUT2D eigenvalue weighted by Gasteiger charge is 2.52. The molecule has 0 N–H and O–H groups in total. The van der Waals surface area contributed by atoms with E-state index in [0.717, 1.165) is 46.0 Å². The van der Waals surface area contributed by atoms with E-state index in [1.165, 1.54) is 27.6 Å². The third kappa shape index (κ3) is 3.38. The summed E-state index contributed by atoms with van der Waals surface area (Å²) in [5.41, 5.74) is 8.37. The summed E-state index contributed by atoms with van der Waals surface area (Å²) in [6, 6.07) is 25.7. The SMILES string of the molecule is CC1(C)OB(c2ncc(-c3nc4ccccc4c4c3CCc3ccccc3-4)c3ccccc23)OC1(C)C. The number of hydrogen-bond donors (Lipinski definition) is 0. The van der Waals surface area contributed by atoms with Gasteiger partial charge in [-0.1, -0.05) is 66.7 Å². The number of fused-ring (bicyclic) bond motifs is 6. The minimum atomic E-state index is -0.519. The molecule has 0 amide bonds. The van der Waals surface area contributed by atoms with E-state index in [0.29, 0.717) is 0 Å². The average molecular weight is 484 g/mol. The molecule has 182 valence electrons. The van der Waals surface area contributed by atoms with E-state index in [-0.39, 0.29) is 0 Å². The van der Waals surface area contributed by atoms with Gasteiger partial charge in [0, 0.05) is 22.5 Å². The van der Waals surface area contributed by atoms with Crippen LogP contribution in [0.15, 0.2) is 79.0 Å². The third-order valence-corrected chi connectivity index (χ3v) is 8.48. The van der Waals surface area contributed by atoms with Crippen LogP contribution in [0.1, 0.15) is 38.8 Å². The maximum absolute atomic E-state index is 6.39. The molecule has 3 aromatic carbocycles. The number of benzene rings is 3. The molecular formula is C32H29BN2O2. The molecule has 3 heterocycles. The Labute approximate surface area is 217 Å².